The van der Waals surface area contributed by atoms with Crippen molar-refractivity contribution in [2.24, 2.45) is 5.92 Å². The minimum absolute atomic E-state index is 0.0418. The highest BCUT2D eigenvalue weighted by molar-refractivity contribution is 5.95. The second-order valence-electron chi connectivity index (χ2n) is 6.01. The molecule has 4 nitrogen and oxygen atoms in total. The number of nitrogens with one attached hydrogen (secondary N) is 2. The van der Waals surface area contributed by atoms with Crippen LogP contribution in [0.5, 0.6) is 0 Å². The molecule has 1 atom stereocenters. The SMILES string of the molecule is CNCC(C)C(=O)Nc1ccccc1N(C)C1CCCC1. The molecule has 0 saturated heterocycles. The summed E-state index contributed by atoms with van der Waals surface area (Å²) < 4.78 is 0. The van der Waals surface area contributed by atoms with Gasteiger partial charge < -0.3 is 15.5 Å². The van der Waals surface area contributed by atoms with Crippen LogP contribution < -0.4 is 15.5 Å². The summed E-state index contributed by atoms with van der Waals surface area (Å²) in [6, 6.07) is 8.69. The summed E-state index contributed by atoms with van der Waals surface area (Å²) in [7, 11) is 4.00. The molecular weight excluding hydrogens is 262 g/mol. The molecule has 116 valence electrons. The molecule has 1 fully saturated rings. The average molecular weight is 289 g/mol. The van der Waals surface area contributed by atoms with Crippen molar-refractivity contribution in [1.29, 1.82) is 0 Å². The normalized spacial score (nSPS) is 16.7. The van der Waals surface area contributed by atoms with Crippen LogP contribution in [0.3, 0.4) is 0 Å². The van der Waals surface area contributed by atoms with Crippen LogP contribution in [-0.4, -0.2) is 32.6 Å². The van der Waals surface area contributed by atoms with Crippen LogP contribution in [0.25, 0.3) is 0 Å². The summed E-state index contributed by atoms with van der Waals surface area (Å²) >= 11 is 0. The van der Waals surface area contributed by atoms with E-state index in [4.69, 9.17) is 0 Å². The van der Waals surface area contributed by atoms with E-state index in [1.807, 2.05) is 32.2 Å². The summed E-state index contributed by atoms with van der Waals surface area (Å²) in [6.45, 7) is 2.63. The van der Waals surface area contributed by atoms with Gasteiger partial charge in [-0.05, 0) is 32.0 Å². The Morgan fingerprint density at radius 2 is 2.00 bits per heavy atom. The lowest BCUT2D eigenvalue weighted by Gasteiger charge is -2.29. The van der Waals surface area contributed by atoms with E-state index >= 15 is 0 Å². The van der Waals surface area contributed by atoms with Crippen molar-refractivity contribution in [1.82, 2.24) is 5.32 Å². The van der Waals surface area contributed by atoms with E-state index in [-0.39, 0.29) is 11.8 Å². The van der Waals surface area contributed by atoms with Crippen molar-refractivity contribution in [3.63, 3.8) is 0 Å². The summed E-state index contributed by atoms with van der Waals surface area (Å²) in [5.41, 5.74) is 2.04. The predicted molar refractivity (Wildman–Crippen MR) is 88.8 cm³/mol. The molecule has 4 heteroatoms. The Hall–Kier alpha value is -1.55. The molecule has 0 bridgehead atoms. The number of para-hydroxylation sites is 2. The van der Waals surface area contributed by atoms with Gasteiger partial charge in [0.15, 0.2) is 0 Å². The topological polar surface area (TPSA) is 44.4 Å². The van der Waals surface area contributed by atoms with Gasteiger partial charge in [-0.1, -0.05) is 31.9 Å². The van der Waals surface area contributed by atoms with E-state index in [1.54, 1.807) is 0 Å². The van der Waals surface area contributed by atoms with Crippen molar-refractivity contribution in [3.8, 4) is 0 Å². The van der Waals surface area contributed by atoms with Gasteiger partial charge in [0.2, 0.25) is 5.91 Å². The van der Waals surface area contributed by atoms with Crippen molar-refractivity contribution >= 4 is 17.3 Å². The standard InChI is InChI=1S/C17H27N3O/c1-13(12-18-2)17(21)19-15-10-6-7-11-16(15)20(3)14-8-4-5-9-14/h6-7,10-11,13-14,18H,4-5,8-9,12H2,1-3H3,(H,19,21). The lowest BCUT2D eigenvalue weighted by atomic mass is 10.1. The summed E-state index contributed by atoms with van der Waals surface area (Å²) in [4.78, 5) is 14.6. The first-order valence-electron chi connectivity index (χ1n) is 7.90. The van der Waals surface area contributed by atoms with Crippen LogP contribution in [0.2, 0.25) is 0 Å². The third-order valence-electron chi connectivity index (χ3n) is 4.37. The van der Waals surface area contributed by atoms with Crippen LogP contribution in [0.1, 0.15) is 32.6 Å². The minimum Gasteiger partial charge on any atom is -0.370 e. The number of carbonyl (C=O) groups is 1. The van der Waals surface area contributed by atoms with Gasteiger partial charge in [0.25, 0.3) is 0 Å². The molecule has 1 unspecified atom stereocenters. The Morgan fingerprint density at radius 3 is 2.67 bits per heavy atom. The maximum Gasteiger partial charge on any atom is 0.228 e. The zero-order valence-electron chi connectivity index (χ0n) is 13.4. The van der Waals surface area contributed by atoms with Crippen LogP contribution >= 0.6 is 0 Å². The molecule has 21 heavy (non-hydrogen) atoms. The second kappa shape index (κ2) is 7.46. The maximum atomic E-state index is 12.2. The van der Waals surface area contributed by atoms with Crippen LogP contribution in [0.4, 0.5) is 11.4 Å². The molecule has 1 aliphatic carbocycles. The quantitative estimate of drug-likeness (QED) is 0.846. The molecule has 2 N–H and O–H groups in total. The van der Waals surface area contributed by atoms with E-state index in [1.165, 1.54) is 25.7 Å². The van der Waals surface area contributed by atoms with E-state index < -0.39 is 0 Å². The largest absolute Gasteiger partial charge is 0.370 e. The molecule has 0 heterocycles. The fourth-order valence-corrected chi connectivity index (χ4v) is 3.03. The van der Waals surface area contributed by atoms with Gasteiger partial charge in [0, 0.05) is 25.6 Å². The fourth-order valence-electron chi connectivity index (χ4n) is 3.03. The van der Waals surface area contributed by atoms with Gasteiger partial charge in [0.1, 0.15) is 0 Å². The molecular formula is C17H27N3O. The molecule has 1 amide bonds. The average Bonchev–Trinajstić information content (AvgIpc) is 3.01. The smallest absolute Gasteiger partial charge is 0.228 e. The molecule has 1 aliphatic rings. The van der Waals surface area contributed by atoms with Crippen LogP contribution in [-0.2, 0) is 4.79 Å². The molecule has 0 aromatic heterocycles. The zero-order valence-corrected chi connectivity index (χ0v) is 13.4. The molecule has 1 aromatic rings. The van der Waals surface area contributed by atoms with Gasteiger partial charge in [-0.3, -0.25) is 4.79 Å². The first-order chi connectivity index (χ1) is 10.1. The highest BCUT2D eigenvalue weighted by Gasteiger charge is 2.22. The summed E-state index contributed by atoms with van der Waals surface area (Å²) in [6.07, 6.45) is 5.11. The van der Waals surface area contributed by atoms with Crippen LogP contribution in [0.15, 0.2) is 24.3 Å². The number of amides is 1. The van der Waals surface area contributed by atoms with E-state index in [0.29, 0.717) is 12.6 Å². The Labute approximate surface area is 127 Å². The molecule has 1 saturated carbocycles. The first-order valence-corrected chi connectivity index (χ1v) is 7.90. The number of anilines is 2. The number of carbonyl (C=O) groups excluding carboxylic acids is 1. The van der Waals surface area contributed by atoms with Gasteiger partial charge in [0.05, 0.1) is 11.4 Å². The number of hydrogen-bond acceptors (Lipinski definition) is 3. The number of hydrogen-bond donors (Lipinski definition) is 2. The maximum absolute atomic E-state index is 12.2. The van der Waals surface area contributed by atoms with Crippen molar-refractivity contribution in [2.75, 3.05) is 30.9 Å². The lowest BCUT2D eigenvalue weighted by Crippen LogP contribution is -2.32. The molecule has 2 rings (SSSR count). The Bertz CT molecular complexity index is 469. The molecule has 1 aromatic carbocycles. The minimum atomic E-state index is -0.0418. The van der Waals surface area contributed by atoms with Gasteiger partial charge in [-0.2, -0.15) is 0 Å². The van der Waals surface area contributed by atoms with E-state index in [0.717, 1.165) is 11.4 Å². The highest BCUT2D eigenvalue weighted by Crippen LogP contribution is 2.31. The third kappa shape index (κ3) is 3.97. The Balaban J connectivity index is 2.11. The monoisotopic (exact) mass is 289 g/mol. The number of rotatable bonds is 6. The van der Waals surface area contributed by atoms with Gasteiger partial charge in [-0.25, -0.2) is 0 Å². The Morgan fingerprint density at radius 1 is 1.33 bits per heavy atom. The van der Waals surface area contributed by atoms with E-state index in [2.05, 4.69) is 28.6 Å². The second-order valence-corrected chi connectivity index (χ2v) is 6.01. The van der Waals surface area contributed by atoms with Gasteiger partial charge in [-0.15, -0.1) is 0 Å². The Kier molecular flexibility index (Phi) is 5.62. The first kappa shape index (κ1) is 15.8. The number of nitrogens with zero attached hydrogens (tertiary/aromatic N) is 1. The zero-order chi connectivity index (χ0) is 15.2. The lowest BCUT2D eigenvalue weighted by molar-refractivity contribution is -0.119. The highest BCUT2D eigenvalue weighted by atomic mass is 16.1. The van der Waals surface area contributed by atoms with Crippen molar-refractivity contribution < 1.29 is 4.79 Å². The van der Waals surface area contributed by atoms with Crippen molar-refractivity contribution in [2.45, 2.75) is 38.6 Å². The number of benzene rings is 1. The molecule has 0 radical (unpaired) electrons. The predicted octanol–water partition coefficient (Wildman–Crippen LogP) is 2.86. The molecule has 0 aliphatic heterocycles. The van der Waals surface area contributed by atoms with E-state index in [9.17, 15) is 4.79 Å². The third-order valence-corrected chi connectivity index (χ3v) is 4.37. The molecule has 0 spiro atoms. The van der Waals surface area contributed by atoms with Gasteiger partial charge >= 0.3 is 0 Å². The fraction of sp³-hybridized carbons (Fsp3) is 0.588. The summed E-state index contributed by atoms with van der Waals surface area (Å²) in [5.74, 6) is 0.0245. The van der Waals surface area contributed by atoms with Crippen LogP contribution in [0, 0.1) is 5.92 Å². The summed E-state index contributed by atoms with van der Waals surface area (Å²) in [5, 5.41) is 6.12. The van der Waals surface area contributed by atoms with Crippen molar-refractivity contribution in [3.05, 3.63) is 24.3 Å².